The summed E-state index contributed by atoms with van der Waals surface area (Å²) in [5.74, 6) is 0.929. The number of rotatable bonds is 4. The van der Waals surface area contributed by atoms with E-state index in [0.29, 0.717) is 6.54 Å². The van der Waals surface area contributed by atoms with E-state index < -0.39 is 0 Å². The lowest BCUT2D eigenvalue weighted by Gasteiger charge is -2.16. The van der Waals surface area contributed by atoms with Crippen LogP contribution in [0.5, 0.6) is 0 Å². The minimum atomic E-state index is -0.287. The first-order chi connectivity index (χ1) is 5.68. The number of hydrogen-bond acceptors (Lipinski definition) is 3. The molecule has 1 heterocycles. The fourth-order valence-corrected chi connectivity index (χ4v) is 1.18. The summed E-state index contributed by atoms with van der Waals surface area (Å²) in [6.07, 6.45) is 1.37. The van der Waals surface area contributed by atoms with Gasteiger partial charge in [-0.05, 0) is 26.1 Å². The quantitative estimate of drug-likeness (QED) is 0.733. The maximum absolute atomic E-state index is 9.08. The van der Waals surface area contributed by atoms with E-state index in [1.165, 1.54) is 0 Å². The van der Waals surface area contributed by atoms with Crippen LogP contribution in [-0.2, 0) is 6.54 Å². The second kappa shape index (κ2) is 4.28. The molecule has 1 aromatic rings. The molecule has 12 heavy (non-hydrogen) atoms. The molecule has 0 bridgehead atoms. The normalized spacial score (nSPS) is 13.7. The smallest absolute Gasteiger partial charge is 0.117 e. The molecule has 0 radical (unpaired) electrons. The summed E-state index contributed by atoms with van der Waals surface area (Å²) >= 11 is 0. The molecule has 1 aromatic heterocycles. The van der Waals surface area contributed by atoms with Crippen molar-refractivity contribution in [1.29, 1.82) is 0 Å². The topological polar surface area (TPSA) is 36.6 Å². The molecule has 68 valence electrons. The van der Waals surface area contributed by atoms with Crippen LogP contribution in [0.4, 0.5) is 0 Å². The maximum atomic E-state index is 9.08. The van der Waals surface area contributed by atoms with Crippen LogP contribution in [0.3, 0.4) is 0 Å². The van der Waals surface area contributed by atoms with Gasteiger partial charge in [-0.15, -0.1) is 0 Å². The average molecular weight is 169 g/mol. The Hall–Kier alpha value is -0.800. The van der Waals surface area contributed by atoms with Gasteiger partial charge >= 0.3 is 0 Å². The molecule has 3 nitrogen and oxygen atoms in total. The van der Waals surface area contributed by atoms with Crippen molar-refractivity contribution in [3.05, 3.63) is 24.2 Å². The van der Waals surface area contributed by atoms with Crippen molar-refractivity contribution < 1.29 is 9.52 Å². The van der Waals surface area contributed by atoms with Gasteiger partial charge in [0.1, 0.15) is 5.76 Å². The van der Waals surface area contributed by atoms with Gasteiger partial charge in [-0.1, -0.05) is 0 Å². The Balaban J connectivity index is 2.32. The number of hydrogen-bond donors (Lipinski definition) is 1. The van der Waals surface area contributed by atoms with E-state index in [-0.39, 0.29) is 6.10 Å². The second-order valence-corrected chi connectivity index (χ2v) is 3.13. The Morgan fingerprint density at radius 1 is 1.67 bits per heavy atom. The van der Waals surface area contributed by atoms with Crippen LogP contribution >= 0.6 is 0 Å². The zero-order valence-corrected chi connectivity index (χ0v) is 7.53. The maximum Gasteiger partial charge on any atom is 0.117 e. The van der Waals surface area contributed by atoms with Crippen LogP contribution in [0.1, 0.15) is 12.7 Å². The molecule has 1 N–H and O–H groups in total. The number of likely N-dealkylation sites (N-methyl/N-ethyl adjacent to an activating group) is 1. The fraction of sp³-hybridized carbons (Fsp3) is 0.556. The van der Waals surface area contributed by atoms with Crippen LogP contribution in [-0.4, -0.2) is 29.7 Å². The third-order valence-electron chi connectivity index (χ3n) is 1.58. The zero-order valence-electron chi connectivity index (χ0n) is 7.53. The van der Waals surface area contributed by atoms with E-state index >= 15 is 0 Å². The summed E-state index contributed by atoms with van der Waals surface area (Å²) in [6, 6.07) is 3.80. The number of aliphatic hydroxyl groups is 1. The molecule has 0 unspecified atom stereocenters. The van der Waals surface area contributed by atoms with Gasteiger partial charge in [-0.2, -0.15) is 0 Å². The molecule has 0 saturated carbocycles. The zero-order chi connectivity index (χ0) is 8.97. The lowest BCUT2D eigenvalue weighted by molar-refractivity contribution is 0.134. The summed E-state index contributed by atoms with van der Waals surface area (Å²) in [6.45, 7) is 3.19. The molecule has 0 amide bonds. The van der Waals surface area contributed by atoms with Gasteiger partial charge in [0.15, 0.2) is 0 Å². The minimum Gasteiger partial charge on any atom is -0.468 e. The van der Waals surface area contributed by atoms with E-state index in [1.54, 1.807) is 13.2 Å². The van der Waals surface area contributed by atoms with Gasteiger partial charge < -0.3 is 9.52 Å². The molecular weight excluding hydrogens is 154 g/mol. The van der Waals surface area contributed by atoms with Crippen LogP contribution < -0.4 is 0 Å². The molecule has 0 spiro atoms. The molecule has 0 aliphatic carbocycles. The molecule has 0 fully saturated rings. The Kier molecular flexibility index (Phi) is 3.31. The highest BCUT2D eigenvalue weighted by Crippen LogP contribution is 2.03. The van der Waals surface area contributed by atoms with Crippen molar-refractivity contribution in [3.8, 4) is 0 Å². The molecule has 3 heteroatoms. The Morgan fingerprint density at radius 2 is 2.42 bits per heavy atom. The monoisotopic (exact) mass is 169 g/mol. The molecule has 0 saturated heterocycles. The summed E-state index contributed by atoms with van der Waals surface area (Å²) in [5, 5.41) is 9.08. The number of furan rings is 1. The Morgan fingerprint density at radius 3 is 2.92 bits per heavy atom. The SMILES string of the molecule is C[C@H](O)CN(C)Cc1ccco1. The van der Waals surface area contributed by atoms with Crippen molar-refractivity contribution in [3.63, 3.8) is 0 Å². The van der Waals surface area contributed by atoms with Gasteiger partial charge in [0.05, 0.1) is 18.9 Å². The second-order valence-electron chi connectivity index (χ2n) is 3.13. The van der Waals surface area contributed by atoms with Gasteiger partial charge in [-0.3, -0.25) is 4.90 Å². The van der Waals surface area contributed by atoms with Crippen LogP contribution in [0.2, 0.25) is 0 Å². The highest BCUT2D eigenvalue weighted by Gasteiger charge is 2.04. The van der Waals surface area contributed by atoms with Crippen molar-refractivity contribution >= 4 is 0 Å². The Labute approximate surface area is 72.6 Å². The van der Waals surface area contributed by atoms with E-state index in [9.17, 15) is 0 Å². The van der Waals surface area contributed by atoms with Gasteiger partial charge in [-0.25, -0.2) is 0 Å². The van der Waals surface area contributed by atoms with Gasteiger partial charge in [0, 0.05) is 6.54 Å². The lowest BCUT2D eigenvalue weighted by Crippen LogP contribution is -2.26. The highest BCUT2D eigenvalue weighted by atomic mass is 16.3. The van der Waals surface area contributed by atoms with Crippen LogP contribution in [0.25, 0.3) is 0 Å². The Bertz CT molecular complexity index is 206. The predicted molar refractivity (Wildman–Crippen MR) is 46.7 cm³/mol. The van der Waals surface area contributed by atoms with E-state index in [0.717, 1.165) is 12.3 Å². The van der Waals surface area contributed by atoms with E-state index in [1.807, 2.05) is 24.1 Å². The third-order valence-corrected chi connectivity index (χ3v) is 1.58. The summed E-state index contributed by atoms with van der Waals surface area (Å²) < 4.78 is 5.16. The van der Waals surface area contributed by atoms with E-state index in [4.69, 9.17) is 9.52 Å². The van der Waals surface area contributed by atoms with Crippen LogP contribution in [0.15, 0.2) is 22.8 Å². The largest absolute Gasteiger partial charge is 0.468 e. The summed E-state index contributed by atoms with van der Waals surface area (Å²) in [5.41, 5.74) is 0. The average Bonchev–Trinajstić information content (AvgIpc) is 2.37. The first-order valence-corrected chi connectivity index (χ1v) is 4.07. The molecule has 0 aliphatic rings. The highest BCUT2D eigenvalue weighted by molar-refractivity contribution is 4.97. The third kappa shape index (κ3) is 3.07. The summed E-state index contributed by atoms with van der Waals surface area (Å²) in [7, 11) is 1.95. The predicted octanol–water partition coefficient (Wildman–Crippen LogP) is 1.09. The molecule has 0 aromatic carbocycles. The van der Waals surface area contributed by atoms with E-state index in [2.05, 4.69) is 0 Å². The lowest BCUT2D eigenvalue weighted by atomic mass is 10.3. The van der Waals surface area contributed by atoms with Crippen molar-refractivity contribution in [2.75, 3.05) is 13.6 Å². The molecule has 1 rings (SSSR count). The fourth-order valence-electron chi connectivity index (χ4n) is 1.18. The first-order valence-electron chi connectivity index (χ1n) is 4.07. The van der Waals surface area contributed by atoms with Gasteiger partial charge in [0.2, 0.25) is 0 Å². The van der Waals surface area contributed by atoms with Crippen LogP contribution in [0, 0.1) is 0 Å². The van der Waals surface area contributed by atoms with Crippen molar-refractivity contribution in [2.45, 2.75) is 19.6 Å². The van der Waals surface area contributed by atoms with Crippen molar-refractivity contribution in [2.24, 2.45) is 0 Å². The summed E-state index contributed by atoms with van der Waals surface area (Å²) in [4.78, 5) is 2.02. The molecule has 0 aliphatic heterocycles. The van der Waals surface area contributed by atoms with Crippen molar-refractivity contribution in [1.82, 2.24) is 4.90 Å². The van der Waals surface area contributed by atoms with Gasteiger partial charge in [0.25, 0.3) is 0 Å². The minimum absolute atomic E-state index is 0.287. The first kappa shape index (κ1) is 9.29. The molecule has 1 atom stereocenters. The number of nitrogens with zero attached hydrogens (tertiary/aromatic N) is 1. The molecular formula is C9H15NO2. The standard InChI is InChI=1S/C9H15NO2/c1-8(11)6-10(2)7-9-4-3-5-12-9/h3-5,8,11H,6-7H2,1-2H3/t8-/m0/s1. The number of aliphatic hydroxyl groups excluding tert-OH is 1.